The second-order valence-corrected chi connectivity index (χ2v) is 12.1. The molecule has 0 atom stereocenters. The van der Waals surface area contributed by atoms with Crippen LogP contribution in [0.5, 0.6) is 0 Å². The number of para-hydroxylation sites is 1. The normalized spacial score (nSPS) is 12.0. The van der Waals surface area contributed by atoms with Crippen LogP contribution in [0, 0.1) is 0 Å². The van der Waals surface area contributed by atoms with E-state index in [1.807, 2.05) is 12.1 Å². The summed E-state index contributed by atoms with van der Waals surface area (Å²) >= 11 is 0. The number of aryl methyl sites for hydroxylation is 1. The van der Waals surface area contributed by atoms with Crippen LogP contribution in [0.15, 0.2) is 18.2 Å². The number of carbonyl (C=O) groups is 1. The van der Waals surface area contributed by atoms with Crippen LogP contribution in [0.25, 0.3) is 11.0 Å². The van der Waals surface area contributed by atoms with Crippen LogP contribution in [0.1, 0.15) is 23.1 Å². The number of hydrogen-bond donors (Lipinski definition) is 0. The molecule has 5 heteroatoms. The number of benzene rings is 1. The van der Waals surface area contributed by atoms with Gasteiger partial charge in [-0.2, -0.15) is 0 Å². The van der Waals surface area contributed by atoms with E-state index < -0.39 is 8.07 Å². The molecular weight excluding hydrogens is 280 g/mol. The molecule has 0 aliphatic rings. The maximum Gasteiger partial charge on any atom is 0.152 e. The quantitative estimate of drug-likeness (QED) is 0.445. The fraction of sp³-hybridized carbons (Fsp3) is 0.500. The Kier molecular flexibility index (Phi) is 4.95. The Morgan fingerprint density at radius 1 is 1.33 bits per heavy atom. The zero-order valence-corrected chi connectivity index (χ0v) is 14.3. The highest BCUT2D eigenvalue weighted by Crippen LogP contribution is 2.20. The van der Waals surface area contributed by atoms with Crippen molar-refractivity contribution in [3.8, 4) is 0 Å². The van der Waals surface area contributed by atoms with Crippen molar-refractivity contribution in [3.05, 3.63) is 29.6 Å². The lowest BCUT2D eigenvalue weighted by Crippen LogP contribution is -2.22. The molecule has 0 amide bonds. The number of rotatable bonds is 7. The van der Waals surface area contributed by atoms with Gasteiger partial charge in [-0.05, 0) is 18.2 Å². The van der Waals surface area contributed by atoms with Crippen LogP contribution in [-0.2, 0) is 17.9 Å². The first-order valence-corrected chi connectivity index (χ1v) is 11.2. The van der Waals surface area contributed by atoms with Gasteiger partial charge >= 0.3 is 0 Å². The number of nitrogens with zero attached hydrogens (tertiary/aromatic N) is 2. The minimum Gasteiger partial charge on any atom is -0.361 e. The van der Waals surface area contributed by atoms with Crippen LogP contribution in [0.3, 0.4) is 0 Å². The molecule has 1 heterocycles. The summed E-state index contributed by atoms with van der Waals surface area (Å²) in [4.78, 5) is 15.7. The van der Waals surface area contributed by atoms with Crippen molar-refractivity contribution in [2.24, 2.45) is 0 Å². The van der Waals surface area contributed by atoms with Gasteiger partial charge in [0.25, 0.3) is 0 Å². The summed E-state index contributed by atoms with van der Waals surface area (Å²) in [6.45, 7) is 10.4. The van der Waals surface area contributed by atoms with Gasteiger partial charge in [0, 0.05) is 26.7 Å². The van der Waals surface area contributed by atoms with E-state index in [1.165, 1.54) is 0 Å². The number of hydrogen-bond acceptors (Lipinski definition) is 3. The third-order valence-electron chi connectivity index (χ3n) is 3.55. The van der Waals surface area contributed by atoms with Crippen LogP contribution >= 0.6 is 0 Å². The minimum absolute atomic E-state index is 0.506. The van der Waals surface area contributed by atoms with E-state index in [2.05, 4.69) is 36.1 Å². The summed E-state index contributed by atoms with van der Waals surface area (Å²) in [5, 5.41) is 0. The first kappa shape index (κ1) is 15.9. The van der Waals surface area contributed by atoms with Gasteiger partial charge in [-0.3, -0.25) is 4.79 Å². The number of ether oxygens (including phenoxy) is 1. The lowest BCUT2D eigenvalue weighted by Gasteiger charge is -2.16. The standard InChI is InChI=1S/C16H24N2O2Si/c1-5-15-17-16-13(11-19)7-6-8-14(16)18(15)12-20-9-10-21(2,3)4/h6-8,11H,5,9-10,12H2,1-4H3. The summed E-state index contributed by atoms with van der Waals surface area (Å²) in [5.41, 5.74) is 2.39. The Bertz CT molecular complexity index is 629. The molecule has 0 saturated heterocycles. The molecule has 1 aromatic carbocycles. The third kappa shape index (κ3) is 3.80. The van der Waals surface area contributed by atoms with Crippen molar-refractivity contribution in [3.63, 3.8) is 0 Å². The van der Waals surface area contributed by atoms with Gasteiger partial charge in [0.1, 0.15) is 12.6 Å². The topological polar surface area (TPSA) is 44.1 Å². The summed E-state index contributed by atoms with van der Waals surface area (Å²) in [7, 11) is -1.07. The van der Waals surface area contributed by atoms with Crippen LogP contribution in [0.4, 0.5) is 0 Å². The van der Waals surface area contributed by atoms with Crippen LogP contribution < -0.4 is 0 Å². The van der Waals surface area contributed by atoms with E-state index in [-0.39, 0.29) is 0 Å². The molecule has 0 spiro atoms. The Hall–Kier alpha value is -1.46. The fourth-order valence-corrected chi connectivity index (χ4v) is 3.02. The predicted molar refractivity (Wildman–Crippen MR) is 88.6 cm³/mol. The van der Waals surface area contributed by atoms with Gasteiger partial charge in [0.15, 0.2) is 6.29 Å². The Morgan fingerprint density at radius 3 is 2.71 bits per heavy atom. The van der Waals surface area contributed by atoms with Gasteiger partial charge in [0.2, 0.25) is 0 Å². The largest absolute Gasteiger partial charge is 0.361 e. The van der Waals surface area contributed by atoms with Crippen molar-refractivity contribution < 1.29 is 9.53 Å². The highest BCUT2D eigenvalue weighted by atomic mass is 28.3. The monoisotopic (exact) mass is 304 g/mol. The zero-order valence-electron chi connectivity index (χ0n) is 13.3. The van der Waals surface area contributed by atoms with Crippen molar-refractivity contribution in [2.45, 2.75) is 45.8 Å². The van der Waals surface area contributed by atoms with E-state index in [4.69, 9.17) is 4.74 Å². The smallest absolute Gasteiger partial charge is 0.152 e. The molecular formula is C16H24N2O2Si. The van der Waals surface area contributed by atoms with Gasteiger partial charge < -0.3 is 9.30 Å². The maximum absolute atomic E-state index is 11.1. The predicted octanol–water partition coefficient (Wildman–Crippen LogP) is 3.72. The van der Waals surface area contributed by atoms with Gasteiger partial charge in [0.05, 0.1) is 11.0 Å². The number of aromatic nitrogens is 2. The summed E-state index contributed by atoms with van der Waals surface area (Å²) in [6.07, 6.45) is 1.69. The molecule has 0 aliphatic heterocycles. The maximum atomic E-state index is 11.1. The van der Waals surface area contributed by atoms with Crippen molar-refractivity contribution in [2.75, 3.05) is 6.61 Å². The van der Waals surface area contributed by atoms with Crippen molar-refractivity contribution >= 4 is 25.4 Å². The lowest BCUT2D eigenvalue weighted by atomic mass is 10.2. The average molecular weight is 304 g/mol. The molecule has 1 aromatic heterocycles. The molecule has 0 unspecified atom stereocenters. The van der Waals surface area contributed by atoms with E-state index in [0.717, 1.165) is 42.2 Å². The Labute approximate surface area is 127 Å². The van der Waals surface area contributed by atoms with Gasteiger partial charge in [-0.15, -0.1) is 0 Å². The first-order valence-electron chi connectivity index (χ1n) is 7.47. The van der Waals surface area contributed by atoms with E-state index >= 15 is 0 Å². The molecule has 0 saturated carbocycles. The second-order valence-electron chi connectivity index (χ2n) is 6.49. The van der Waals surface area contributed by atoms with Crippen molar-refractivity contribution in [1.82, 2.24) is 9.55 Å². The number of carbonyl (C=O) groups excluding carboxylic acids is 1. The lowest BCUT2D eigenvalue weighted by molar-refractivity contribution is 0.0880. The van der Waals surface area contributed by atoms with E-state index in [1.54, 1.807) is 6.07 Å². The van der Waals surface area contributed by atoms with E-state index in [0.29, 0.717) is 12.3 Å². The molecule has 2 rings (SSSR count). The molecule has 21 heavy (non-hydrogen) atoms. The molecule has 4 nitrogen and oxygen atoms in total. The summed E-state index contributed by atoms with van der Waals surface area (Å²) in [5.74, 6) is 0.965. The number of fused-ring (bicyclic) bond motifs is 1. The SMILES string of the molecule is CCc1nc2c(C=O)cccc2n1COCC[Si](C)(C)C. The Balaban J connectivity index is 2.20. The molecule has 0 fully saturated rings. The number of aldehydes is 1. The minimum atomic E-state index is -1.07. The van der Waals surface area contributed by atoms with Crippen molar-refractivity contribution in [1.29, 1.82) is 0 Å². The summed E-state index contributed by atoms with van der Waals surface area (Å²) in [6, 6.07) is 6.85. The molecule has 0 N–H and O–H groups in total. The van der Waals surface area contributed by atoms with Crippen LogP contribution in [-0.4, -0.2) is 30.5 Å². The van der Waals surface area contributed by atoms with Gasteiger partial charge in [-0.1, -0.05) is 32.6 Å². The molecule has 114 valence electrons. The second kappa shape index (κ2) is 6.53. The molecule has 0 aliphatic carbocycles. The summed E-state index contributed by atoms with van der Waals surface area (Å²) < 4.78 is 7.92. The first-order chi connectivity index (χ1) is 9.96. The van der Waals surface area contributed by atoms with Crippen LogP contribution in [0.2, 0.25) is 25.7 Å². The molecule has 0 radical (unpaired) electrons. The highest BCUT2D eigenvalue weighted by Gasteiger charge is 2.14. The highest BCUT2D eigenvalue weighted by molar-refractivity contribution is 6.76. The number of imidazole rings is 1. The van der Waals surface area contributed by atoms with E-state index in [9.17, 15) is 4.79 Å². The zero-order chi connectivity index (χ0) is 15.5. The fourth-order valence-electron chi connectivity index (χ4n) is 2.26. The third-order valence-corrected chi connectivity index (χ3v) is 5.25. The Morgan fingerprint density at radius 2 is 2.10 bits per heavy atom. The molecule has 2 aromatic rings. The van der Waals surface area contributed by atoms with Gasteiger partial charge in [-0.25, -0.2) is 4.98 Å². The average Bonchev–Trinajstić information content (AvgIpc) is 2.80. The molecule has 0 bridgehead atoms.